The van der Waals surface area contributed by atoms with E-state index in [9.17, 15) is 0 Å². The molecule has 1 N–H and O–H groups in total. The lowest BCUT2D eigenvalue weighted by Crippen LogP contribution is -2.49. The van der Waals surface area contributed by atoms with E-state index in [0.29, 0.717) is 0 Å². The molecule has 132 valence electrons. The van der Waals surface area contributed by atoms with Gasteiger partial charge < -0.3 is 10.2 Å². The van der Waals surface area contributed by atoms with Crippen LogP contribution in [-0.4, -0.2) is 41.1 Å². The summed E-state index contributed by atoms with van der Waals surface area (Å²) in [7, 11) is 0. The second-order valence-electron chi connectivity index (χ2n) is 6.34. The summed E-state index contributed by atoms with van der Waals surface area (Å²) in [5.41, 5.74) is 3.58. The molecule has 0 atom stereocenters. The van der Waals surface area contributed by atoms with E-state index < -0.39 is 0 Å². The quantitative estimate of drug-likeness (QED) is 0.799. The first-order valence-corrected chi connectivity index (χ1v) is 9.55. The minimum Gasteiger partial charge on any atom is -0.346 e. The summed E-state index contributed by atoms with van der Waals surface area (Å²) in [4.78, 5) is 4.67. The van der Waals surface area contributed by atoms with Crippen LogP contribution in [0.5, 0.6) is 0 Å². The van der Waals surface area contributed by atoms with Crippen molar-refractivity contribution in [1.29, 1.82) is 0 Å². The van der Waals surface area contributed by atoms with E-state index in [0.717, 1.165) is 55.0 Å². The highest BCUT2D eigenvalue weighted by Crippen LogP contribution is 2.18. The number of anilines is 1. The lowest BCUT2D eigenvalue weighted by Gasteiger charge is -2.36. The highest BCUT2D eigenvalue weighted by molar-refractivity contribution is 7.80. The molecule has 0 amide bonds. The second-order valence-corrected chi connectivity index (χ2v) is 7.13. The summed E-state index contributed by atoms with van der Waals surface area (Å²) in [5, 5.41) is 5.01. The number of rotatable bonds is 4. The van der Waals surface area contributed by atoms with Crippen molar-refractivity contribution in [3.05, 3.63) is 64.7 Å². The van der Waals surface area contributed by atoms with Gasteiger partial charge in [0.1, 0.15) is 0 Å². The van der Waals surface area contributed by atoms with Crippen molar-refractivity contribution in [2.45, 2.75) is 19.9 Å². The molecule has 0 aromatic heterocycles. The maximum Gasteiger partial charge on any atom is 0.173 e. The molecule has 1 aliphatic rings. The van der Waals surface area contributed by atoms with Gasteiger partial charge in [0.05, 0.1) is 0 Å². The van der Waals surface area contributed by atoms with Gasteiger partial charge in [0.2, 0.25) is 0 Å². The lowest BCUT2D eigenvalue weighted by molar-refractivity contribution is 0.177. The summed E-state index contributed by atoms with van der Waals surface area (Å²) < 4.78 is 0. The molecule has 1 aliphatic heterocycles. The van der Waals surface area contributed by atoms with Gasteiger partial charge in [0, 0.05) is 43.4 Å². The fraction of sp³-hybridized carbons (Fsp3) is 0.350. The van der Waals surface area contributed by atoms with E-state index in [2.05, 4.69) is 52.4 Å². The van der Waals surface area contributed by atoms with Gasteiger partial charge in [0.25, 0.3) is 0 Å². The average molecular weight is 374 g/mol. The van der Waals surface area contributed by atoms with Crippen LogP contribution in [0.15, 0.2) is 48.5 Å². The maximum absolute atomic E-state index is 6.27. The molecule has 0 saturated carbocycles. The molecular weight excluding hydrogens is 350 g/mol. The monoisotopic (exact) mass is 373 g/mol. The normalized spacial score (nSPS) is 15.2. The van der Waals surface area contributed by atoms with Gasteiger partial charge in [0.15, 0.2) is 5.11 Å². The zero-order chi connectivity index (χ0) is 17.6. The van der Waals surface area contributed by atoms with E-state index in [1.807, 2.05) is 18.2 Å². The van der Waals surface area contributed by atoms with Crippen LogP contribution >= 0.6 is 23.8 Å². The van der Waals surface area contributed by atoms with E-state index in [1.54, 1.807) is 0 Å². The fourth-order valence-corrected chi connectivity index (χ4v) is 3.50. The van der Waals surface area contributed by atoms with Crippen molar-refractivity contribution < 1.29 is 0 Å². The number of aryl methyl sites for hydroxylation is 1. The van der Waals surface area contributed by atoms with Gasteiger partial charge in [-0.15, -0.1) is 0 Å². The Bertz CT molecular complexity index is 709. The number of hydrogen-bond acceptors (Lipinski definition) is 2. The Kier molecular flexibility index (Phi) is 6.29. The SMILES string of the molecule is CCc1ccc(NC(=S)N2CCN(Cc3ccccc3Cl)CC2)cc1. The third-order valence-electron chi connectivity index (χ3n) is 4.62. The Morgan fingerprint density at radius 1 is 1.04 bits per heavy atom. The molecule has 0 unspecified atom stereocenters. The minimum atomic E-state index is 0.807. The van der Waals surface area contributed by atoms with Gasteiger partial charge in [-0.1, -0.05) is 48.9 Å². The first-order valence-electron chi connectivity index (χ1n) is 8.76. The van der Waals surface area contributed by atoms with E-state index in [1.165, 1.54) is 11.1 Å². The van der Waals surface area contributed by atoms with Crippen molar-refractivity contribution in [2.75, 3.05) is 31.5 Å². The standard InChI is InChI=1S/C20H24ClN3S/c1-2-16-7-9-18(10-8-16)22-20(25)24-13-11-23(12-14-24)15-17-5-3-4-6-19(17)21/h3-10H,2,11-15H2,1H3,(H,22,25). The molecule has 0 spiro atoms. The Balaban J connectivity index is 1.49. The Morgan fingerprint density at radius 3 is 2.36 bits per heavy atom. The smallest absolute Gasteiger partial charge is 0.173 e. The molecule has 1 fully saturated rings. The Labute approximate surface area is 160 Å². The molecular formula is C20H24ClN3S. The van der Waals surface area contributed by atoms with Crippen LogP contribution in [0.3, 0.4) is 0 Å². The summed E-state index contributed by atoms with van der Waals surface area (Å²) in [6.45, 7) is 6.90. The number of nitrogens with zero attached hydrogens (tertiary/aromatic N) is 2. The maximum atomic E-state index is 6.27. The molecule has 25 heavy (non-hydrogen) atoms. The van der Waals surface area contributed by atoms with Gasteiger partial charge in [-0.05, 0) is 48.0 Å². The van der Waals surface area contributed by atoms with Crippen LogP contribution < -0.4 is 5.32 Å². The number of nitrogens with one attached hydrogen (secondary N) is 1. The van der Waals surface area contributed by atoms with Crippen LogP contribution in [0.2, 0.25) is 5.02 Å². The number of hydrogen-bond donors (Lipinski definition) is 1. The van der Waals surface area contributed by atoms with Crippen LogP contribution in [0.1, 0.15) is 18.1 Å². The summed E-state index contributed by atoms with van der Waals surface area (Å²) in [5.74, 6) is 0. The fourth-order valence-electron chi connectivity index (χ4n) is 3.00. The molecule has 2 aromatic rings. The Hall–Kier alpha value is -1.62. The van der Waals surface area contributed by atoms with Crippen molar-refractivity contribution in [3.8, 4) is 0 Å². The van der Waals surface area contributed by atoms with Gasteiger partial charge >= 0.3 is 0 Å². The van der Waals surface area contributed by atoms with E-state index in [-0.39, 0.29) is 0 Å². The summed E-state index contributed by atoms with van der Waals surface area (Å²) in [6, 6.07) is 16.6. The first kappa shape index (κ1) is 18.2. The average Bonchev–Trinajstić information content (AvgIpc) is 2.65. The number of thiocarbonyl (C=S) groups is 1. The lowest BCUT2D eigenvalue weighted by atomic mass is 10.1. The van der Waals surface area contributed by atoms with Crippen LogP contribution in [0.25, 0.3) is 0 Å². The summed E-state index contributed by atoms with van der Waals surface area (Å²) in [6.07, 6.45) is 1.05. The molecule has 2 aromatic carbocycles. The molecule has 0 aliphatic carbocycles. The van der Waals surface area contributed by atoms with Gasteiger partial charge in [-0.25, -0.2) is 0 Å². The van der Waals surface area contributed by atoms with E-state index in [4.69, 9.17) is 23.8 Å². The first-order chi connectivity index (χ1) is 12.2. The van der Waals surface area contributed by atoms with Gasteiger partial charge in [-0.2, -0.15) is 0 Å². The van der Waals surface area contributed by atoms with E-state index >= 15 is 0 Å². The highest BCUT2D eigenvalue weighted by Gasteiger charge is 2.19. The number of halogens is 1. The molecule has 3 nitrogen and oxygen atoms in total. The zero-order valence-electron chi connectivity index (χ0n) is 14.5. The largest absolute Gasteiger partial charge is 0.346 e. The molecule has 0 radical (unpaired) electrons. The molecule has 3 rings (SSSR count). The van der Waals surface area contributed by atoms with Crippen molar-refractivity contribution in [1.82, 2.24) is 9.80 Å². The summed E-state index contributed by atoms with van der Waals surface area (Å²) >= 11 is 11.8. The van der Waals surface area contributed by atoms with Crippen LogP contribution in [0, 0.1) is 0 Å². The zero-order valence-corrected chi connectivity index (χ0v) is 16.1. The Morgan fingerprint density at radius 2 is 1.72 bits per heavy atom. The van der Waals surface area contributed by atoms with Gasteiger partial charge in [-0.3, -0.25) is 4.90 Å². The predicted octanol–water partition coefficient (Wildman–Crippen LogP) is 4.42. The third kappa shape index (κ3) is 4.94. The number of piperazine rings is 1. The molecule has 5 heteroatoms. The third-order valence-corrected chi connectivity index (χ3v) is 5.35. The minimum absolute atomic E-state index is 0.807. The molecule has 1 saturated heterocycles. The highest BCUT2D eigenvalue weighted by atomic mass is 35.5. The van der Waals surface area contributed by atoms with Crippen LogP contribution in [-0.2, 0) is 13.0 Å². The second kappa shape index (κ2) is 8.65. The van der Waals surface area contributed by atoms with Crippen molar-refractivity contribution >= 4 is 34.6 Å². The predicted molar refractivity (Wildman–Crippen MR) is 110 cm³/mol. The van der Waals surface area contributed by atoms with Crippen LogP contribution in [0.4, 0.5) is 5.69 Å². The van der Waals surface area contributed by atoms with Crippen molar-refractivity contribution in [2.24, 2.45) is 0 Å². The molecule has 0 bridgehead atoms. The topological polar surface area (TPSA) is 18.5 Å². The number of benzene rings is 2. The van der Waals surface area contributed by atoms with Crippen molar-refractivity contribution in [3.63, 3.8) is 0 Å². The molecule has 1 heterocycles.